The van der Waals surface area contributed by atoms with E-state index in [9.17, 15) is 9.59 Å². The van der Waals surface area contributed by atoms with Gasteiger partial charge in [-0.15, -0.1) is 0 Å². The molecular formula is C22H26ClN5O5. The molecule has 33 heavy (non-hydrogen) atoms. The summed E-state index contributed by atoms with van der Waals surface area (Å²) in [6.45, 7) is 2.51. The number of nitrogens with zero attached hydrogens (tertiary/aromatic N) is 3. The van der Waals surface area contributed by atoms with E-state index in [2.05, 4.69) is 15.5 Å². The number of amides is 2. The minimum atomic E-state index is -0.482. The number of morpholine rings is 1. The predicted octanol–water partition coefficient (Wildman–Crippen LogP) is 3.03. The number of nitrogens with one attached hydrogen (secondary N) is 2. The molecule has 0 atom stereocenters. The lowest BCUT2D eigenvalue weighted by atomic mass is 10.2. The van der Waals surface area contributed by atoms with Gasteiger partial charge < -0.3 is 29.7 Å². The Balaban J connectivity index is 1.70. The first kappa shape index (κ1) is 22.8. The molecule has 0 spiro atoms. The van der Waals surface area contributed by atoms with Gasteiger partial charge in [-0.05, 0) is 18.2 Å². The summed E-state index contributed by atoms with van der Waals surface area (Å²) in [4.78, 5) is 27.6. The van der Waals surface area contributed by atoms with Crippen LogP contribution in [0.5, 0.6) is 11.5 Å². The monoisotopic (exact) mass is 475 g/mol. The maximum absolute atomic E-state index is 13.0. The van der Waals surface area contributed by atoms with Gasteiger partial charge in [0.1, 0.15) is 11.5 Å². The summed E-state index contributed by atoms with van der Waals surface area (Å²) in [5.74, 6) is 0.838. The van der Waals surface area contributed by atoms with E-state index in [-0.39, 0.29) is 5.69 Å². The SMILES string of the molecule is COc1cc(OC)c(NC(=O)Nc2cc3c(cc2N2CCOCC2)n(C)c(=O)n3C)cc1Cl. The molecule has 0 saturated carbocycles. The van der Waals surface area contributed by atoms with Crippen LogP contribution in [-0.4, -0.2) is 55.7 Å². The van der Waals surface area contributed by atoms with E-state index in [1.165, 1.54) is 14.2 Å². The Hall–Kier alpha value is -3.37. The summed E-state index contributed by atoms with van der Waals surface area (Å²) in [7, 11) is 6.42. The smallest absolute Gasteiger partial charge is 0.328 e. The van der Waals surface area contributed by atoms with Gasteiger partial charge >= 0.3 is 11.7 Å². The number of aromatic nitrogens is 2. The minimum absolute atomic E-state index is 0.142. The molecule has 176 valence electrons. The molecule has 1 aliphatic heterocycles. The van der Waals surface area contributed by atoms with E-state index in [1.54, 1.807) is 41.4 Å². The van der Waals surface area contributed by atoms with E-state index < -0.39 is 6.03 Å². The van der Waals surface area contributed by atoms with Crippen molar-refractivity contribution in [1.29, 1.82) is 0 Å². The number of benzene rings is 2. The molecule has 1 aromatic heterocycles. The highest BCUT2D eigenvalue weighted by Crippen LogP contribution is 2.36. The lowest BCUT2D eigenvalue weighted by molar-refractivity contribution is 0.123. The van der Waals surface area contributed by atoms with Crippen LogP contribution < -0.4 is 30.7 Å². The number of ether oxygens (including phenoxy) is 3. The largest absolute Gasteiger partial charge is 0.495 e. The number of fused-ring (bicyclic) bond motifs is 1. The molecule has 2 N–H and O–H groups in total. The molecule has 0 radical (unpaired) electrons. The number of imidazole rings is 1. The topological polar surface area (TPSA) is 99.0 Å². The Morgan fingerprint density at radius 1 is 0.939 bits per heavy atom. The Morgan fingerprint density at radius 2 is 1.55 bits per heavy atom. The number of carbonyl (C=O) groups excluding carboxylic acids is 1. The summed E-state index contributed by atoms with van der Waals surface area (Å²) in [6.07, 6.45) is 0. The van der Waals surface area contributed by atoms with Crippen molar-refractivity contribution in [3.63, 3.8) is 0 Å². The molecule has 1 fully saturated rings. The molecule has 2 heterocycles. The van der Waals surface area contributed by atoms with Gasteiger partial charge in [0.2, 0.25) is 0 Å². The average molecular weight is 476 g/mol. The fourth-order valence-corrected chi connectivity index (χ4v) is 4.17. The van der Waals surface area contributed by atoms with Gasteiger partial charge in [0.15, 0.2) is 0 Å². The third kappa shape index (κ3) is 4.31. The van der Waals surface area contributed by atoms with Crippen molar-refractivity contribution in [3.8, 4) is 11.5 Å². The third-order valence-electron chi connectivity index (χ3n) is 5.71. The number of hydrogen-bond donors (Lipinski definition) is 2. The van der Waals surface area contributed by atoms with E-state index in [1.807, 2.05) is 6.07 Å². The van der Waals surface area contributed by atoms with Crippen molar-refractivity contribution in [3.05, 3.63) is 39.8 Å². The quantitative estimate of drug-likeness (QED) is 0.588. The molecule has 0 unspecified atom stereocenters. The number of aryl methyl sites for hydroxylation is 2. The second-order valence-corrected chi connectivity index (χ2v) is 8.03. The summed E-state index contributed by atoms with van der Waals surface area (Å²) in [6, 6.07) is 6.40. The summed E-state index contributed by atoms with van der Waals surface area (Å²) < 4.78 is 19.2. The van der Waals surface area contributed by atoms with Gasteiger partial charge in [-0.3, -0.25) is 9.13 Å². The molecule has 2 aromatic carbocycles. The first-order valence-electron chi connectivity index (χ1n) is 10.4. The first-order valence-corrected chi connectivity index (χ1v) is 10.7. The number of rotatable bonds is 5. The fraction of sp³-hybridized carbons (Fsp3) is 0.364. The number of methoxy groups -OCH3 is 2. The van der Waals surface area contributed by atoms with Crippen LogP contribution in [0, 0.1) is 0 Å². The Kier molecular flexibility index (Phi) is 6.39. The van der Waals surface area contributed by atoms with Crippen LogP contribution in [0.25, 0.3) is 11.0 Å². The van der Waals surface area contributed by atoms with E-state index in [4.69, 9.17) is 25.8 Å². The molecule has 0 aliphatic carbocycles. The molecule has 1 aliphatic rings. The molecule has 0 bridgehead atoms. The molecule has 10 nitrogen and oxygen atoms in total. The highest BCUT2D eigenvalue weighted by atomic mass is 35.5. The molecule has 3 aromatic rings. The zero-order chi connectivity index (χ0) is 23.7. The molecule has 1 saturated heterocycles. The van der Waals surface area contributed by atoms with Gasteiger partial charge in [-0.25, -0.2) is 9.59 Å². The van der Waals surface area contributed by atoms with E-state index >= 15 is 0 Å². The summed E-state index contributed by atoms with van der Waals surface area (Å²) in [5, 5.41) is 6.03. The molecular weight excluding hydrogens is 450 g/mol. The zero-order valence-corrected chi connectivity index (χ0v) is 19.7. The number of halogens is 1. The van der Waals surface area contributed by atoms with Crippen molar-refractivity contribution < 1.29 is 19.0 Å². The van der Waals surface area contributed by atoms with Crippen molar-refractivity contribution in [2.75, 3.05) is 56.1 Å². The van der Waals surface area contributed by atoms with Crippen LogP contribution in [0.4, 0.5) is 21.9 Å². The van der Waals surface area contributed by atoms with Crippen LogP contribution in [0.1, 0.15) is 0 Å². The third-order valence-corrected chi connectivity index (χ3v) is 6.01. The van der Waals surface area contributed by atoms with Crippen molar-refractivity contribution >= 4 is 45.7 Å². The lowest BCUT2D eigenvalue weighted by Crippen LogP contribution is -2.37. The van der Waals surface area contributed by atoms with Crippen molar-refractivity contribution in [1.82, 2.24) is 9.13 Å². The van der Waals surface area contributed by atoms with Crippen molar-refractivity contribution in [2.24, 2.45) is 14.1 Å². The van der Waals surface area contributed by atoms with Crippen molar-refractivity contribution in [2.45, 2.75) is 0 Å². The molecule has 4 rings (SSSR count). The maximum Gasteiger partial charge on any atom is 0.328 e. The van der Waals surface area contributed by atoms with Crippen LogP contribution in [0.3, 0.4) is 0 Å². The molecule has 2 amide bonds. The second kappa shape index (κ2) is 9.24. The Labute approximate surface area is 195 Å². The Bertz CT molecular complexity index is 1260. The fourth-order valence-electron chi connectivity index (χ4n) is 3.93. The van der Waals surface area contributed by atoms with Gasteiger partial charge in [-0.1, -0.05) is 11.6 Å². The summed E-state index contributed by atoms with van der Waals surface area (Å²) >= 11 is 6.22. The highest BCUT2D eigenvalue weighted by molar-refractivity contribution is 6.32. The number of carbonyl (C=O) groups is 1. The highest BCUT2D eigenvalue weighted by Gasteiger charge is 2.21. The zero-order valence-electron chi connectivity index (χ0n) is 18.9. The van der Waals surface area contributed by atoms with E-state index in [0.717, 1.165) is 11.2 Å². The van der Waals surface area contributed by atoms with Gasteiger partial charge in [0.05, 0.1) is 60.6 Å². The lowest BCUT2D eigenvalue weighted by Gasteiger charge is -2.30. The minimum Gasteiger partial charge on any atom is -0.495 e. The Morgan fingerprint density at radius 3 is 2.18 bits per heavy atom. The van der Waals surface area contributed by atoms with Crippen LogP contribution in [0.2, 0.25) is 5.02 Å². The average Bonchev–Trinajstić information content (AvgIpc) is 3.02. The van der Waals surface area contributed by atoms with E-state index in [0.29, 0.717) is 59.7 Å². The van der Waals surface area contributed by atoms with Crippen LogP contribution in [-0.2, 0) is 18.8 Å². The maximum atomic E-state index is 13.0. The predicted molar refractivity (Wildman–Crippen MR) is 128 cm³/mol. The van der Waals surface area contributed by atoms with Crippen LogP contribution in [0.15, 0.2) is 29.1 Å². The standard InChI is InChI=1S/C22H26ClN5O5/c1-26-17-10-14(16(28-5-7-33-8-6-28)11-18(17)27(2)22(26)30)24-21(29)25-15-9-13(23)19(31-3)12-20(15)32-4/h9-12H,5-8H2,1-4H3,(H2,24,25,29). The van der Waals surface area contributed by atoms with Gasteiger partial charge in [0, 0.05) is 33.3 Å². The number of hydrogen-bond acceptors (Lipinski definition) is 6. The van der Waals surface area contributed by atoms with Gasteiger partial charge in [-0.2, -0.15) is 0 Å². The number of anilines is 3. The second-order valence-electron chi connectivity index (χ2n) is 7.62. The summed E-state index contributed by atoms with van der Waals surface area (Å²) in [5.41, 5.74) is 3.11. The van der Waals surface area contributed by atoms with Gasteiger partial charge in [0.25, 0.3) is 0 Å². The number of urea groups is 1. The van der Waals surface area contributed by atoms with Crippen LogP contribution >= 0.6 is 11.6 Å². The first-order chi connectivity index (χ1) is 15.8. The molecule has 11 heteroatoms. The normalized spacial score (nSPS) is 13.8.